The summed E-state index contributed by atoms with van der Waals surface area (Å²) in [5.41, 5.74) is 0.0650. The lowest BCUT2D eigenvalue weighted by molar-refractivity contribution is 0.0272. The molecule has 6 heteroatoms. The molecule has 1 fully saturated rings. The van der Waals surface area contributed by atoms with Crippen LogP contribution in [0, 0.1) is 5.82 Å². The van der Waals surface area contributed by atoms with E-state index in [4.69, 9.17) is 16.1 Å². The Kier molecular flexibility index (Phi) is 4.04. The Balaban J connectivity index is 1.94. The summed E-state index contributed by atoms with van der Waals surface area (Å²) < 4.78 is 18.5. The topological polar surface area (TPSA) is 58.3 Å². The summed E-state index contributed by atoms with van der Waals surface area (Å²) in [5.74, 6) is -0.140. The number of rotatable bonds is 3. The van der Waals surface area contributed by atoms with Gasteiger partial charge in [0.1, 0.15) is 17.3 Å². The summed E-state index contributed by atoms with van der Waals surface area (Å²) in [6, 6.07) is 5.83. The molecular formula is C16H16ClFN2O2. The predicted molar refractivity (Wildman–Crippen MR) is 82.3 cm³/mol. The van der Waals surface area contributed by atoms with Gasteiger partial charge >= 0.3 is 0 Å². The molecule has 0 radical (unpaired) electrons. The minimum atomic E-state index is -1.03. The fourth-order valence-electron chi connectivity index (χ4n) is 2.75. The Morgan fingerprint density at radius 2 is 2.32 bits per heavy atom. The largest absolute Gasteiger partial charge is 0.385 e. The van der Waals surface area contributed by atoms with Crippen molar-refractivity contribution >= 4 is 11.6 Å². The molecule has 2 aromatic rings. The second-order valence-corrected chi connectivity index (χ2v) is 5.85. The predicted octanol–water partition coefficient (Wildman–Crippen LogP) is 3.13. The Morgan fingerprint density at radius 3 is 3.05 bits per heavy atom. The van der Waals surface area contributed by atoms with Gasteiger partial charge in [-0.05, 0) is 31.2 Å². The normalized spacial score (nSPS) is 25.1. The van der Waals surface area contributed by atoms with Crippen molar-refractivity contribution in [2.24, 2.45) is 0 Å². The van der Waals surface area contributed by atoms with Crippen LogP contribution in [0.4, 0.5) is 4.39 Å². The number of piperidine rings is 1. The maximum Gasteiger partial charge on any atom is 0.144 e. The van der Waals surface area contributed by atoms with Crippen molar-refractivity contribution in [3.05, 3.63) is 53.5 Å². The lowest BCUT2D eigenvalue weighted by Gasteiger charge is -2.36. The van der Waals surface area contributed by atoms with Gasteiger partial charge in [0.25, 0.3) is 0 Å². The Labute approximate surface area is 132 Å². The number of aliphatic hydroxyl groups is 1. The van der Waals surface area contributed by atoms with Crippen LogP contribution in [-0.4, -0.2) is 29.0 Å². The van der Waals surface area contributed by atoms with E-state index in [9.17, 15) is 9.50 Å². The molecule has 0 amide bonds. The molecule has 0 bridgehead atoms. The van der Waals surface area contributed by atoms with E-state index in [1.165, 1.54) is 12.1 Å². The fourth-order valence-corrected chi connectivity index (χ4v) is 3.02. The molecule has 1 aliphatic heterocycles. The monoisotopic (exact) mass is 322 g/mol. The van der Waals surface area contributed by atoms with Gasteiger partial charge in [-0.15, -0.1) is 6.58 Å². The summed E-state index contributed by atoms with van der Waals surface area (Å²) in [7, 11) is 0. The van der Waals surface area contributed by atoms with Crippen LogP contribution in [0.5, 0.6) is 0 Å². The molecule has 3 rings (SSSR count). The second-order valence-electron chi connectivity index (χ2n) is 5.44. The summed E-state index contributed by atoms with van der Waals surface area (Å²) >= 11 is 6.04. The molecule has 0 spiro atoms. The number of aromatic nitrogens is 1. The van der Waals surface area contributed by atoms with Crippen LogP contribution in [0.1, 0.15) is 18.1 Å². The van der Waals surface area contributed by atoms with Crippen molar-refractivity contribution < 1.29 is 14.0 Å². The number of benzene rings is 1. The van der Waals surface area contributed by atoms with Crippen LogP contribution < -0.4 is 5.32 Å². The van der Waals surface area contributed by atoms with E-state index < -0.39 is 11.4 Å². The fraction of sp³-hybridized carbons (Fsp3) is 0.312. The van der Waals surface area contributed by atoms with Crippen molar-refractivity contribution in [2.45, 2.75) is 17.9 Å². The van der Waals surface area contributed by atoms with Crippen LogP contribution in [0.2, 0.25) is 5.02 Å². The zero-order valence-electron chi connectivity index (χ0n) is 11.9. The highest BCUT2D eigenvalue weighted by Crippen LogP contribution is 2.36. The molecule has 0 aliphatic carbocycles. The lowest BCUT2D eigenvalue weighted by Crippen LogP contribution is -2.47. The highest BCUT2D eigenvalue weighted by atomic mass is 35.5. The van der Waals surface area contributed by atoms with Crippen LogP contribution in [0.15, 0.2) is 41.4 Å². The molecule has 1 aliphatic rings. The summed E-state index contributed by atoms with van der Waals surface area (Å²) in [5, 5.41) is 18.1. The molecule has 4 nitrogen and oxygen atoms in total. The van der Waals surface area contributed by atoms with E-state index in [-0.39, 0.29) is 10.9 Å². The van der Waals surface area contributed by atoms with Crippen molar-refractivity contribution in [1.82, 2.24) is 10.5 Å². The van der Waals surface area contributed by atoms with Gasteiger partial charge < -0.3 is 14.9 Å². The SMILES string of the molecule is C=C[C@@]1(O)CCNC[C@@H]1c1cc(-c2ccc(F)cc2Cl)no1. The highest BCUT2D eigenvalue weighted by Gasteiger charge is 2.39. The molecule has 2 heterocycles. The van der Waals surface area contributed by atoms with Gasteiger partial charge in [0, 0.05) is 18.2 Å². The van der Waals surface area contributed by atoms with E-state index in [1.54, 1.807) is 18.2 Å². The summed E-state index contributed by atoms with van der Waals surface area (Å²) in [6.07, 6.45) is 2.10. The molecular weight excluding hydrogens is 307 g/mol. The van der Waals surface area contributed by atoms with E-state index in [0.717, 1.165) is 0 Å². The first-order chi connectivity index (χ1) is 10.5. The smallest absolute Gasteiger partial charge is 0.144 e. The number of nitrogens with one attached hydrogen (secondary N) is 1. The maximum absolute atomic E-state index is 13.1. The van der Waals surface area contributed by atoms with E-state index in [2.05, 4.69) is 17.1 Å². The zero-order valence-corrected chi connectivity index (χ0v) is 12.6. The van der Waals surface area contributed by atoms with Crippen LogP contribution in [0.3, 0.4) is 0 Å². The van der Waals surface area contributed by atoms with Crippen molar-refractivity contribution in [2.75, 3.05) is 13.1 Å². The Hall–Kier alpha value is -1.69. The minimum Gasteiger partial charge on any atom is -0.385 e. The second kappa shape index (κ2) is 5.83. The van der Waals surface area contributed by atoms with Crippen molar-refractivity contribution in [3.8, 4) is 11.3 Å². The number of nitrogens with zero attached hydrogens (tertiary/aromatic N) is 1. The van der Waals surface area contributed by atoms with Crippen molar-refractivity contribution in [1.29, 1.82) is 0 Å². The van der Waals surface area contributed by atoms with Crippen LogP contribution in [-0.2, 0) is 0 Å². The summed E-state index contributed by atoms with van der Waals surface area (Å²) in [6.45, 7) is 4.99. The third-order valence-corrected chi connectivity index (χ3v) is 4.40. The van der Waals surface area contributed by atoms with E-state index in [0.29, 0.717) is 36.5 Å². The molecule has 1 aromatic heterocycles. The van der Waals surface area contributed by atoms with E-state index >= 15 is 0 Å². The minimum absolute atomic E-state index is 0.264. The number of halogens is 2. The van der Waals surface area contributed by atoms with Gasteiger partial charge in [0.15, 0.2) is 0 Å². The molecule has 0 unspecified atom stereocenters. The average molecular weight is 323 g/mol. The Morgan fingerprint density at radius 1 is 1.50 bits per heavy atom. The molecule has 0 saturated carbocycles. The molecule has 116 valence electrons. The third kappa shape index (κ3) is 2.67. The van der Waals surface area contributed by atoms with E-state index in [1.807, 2.05) is 0 Å². The third-order valence-electron chi connectivity index (χ3n) is 4.09. The highest BCUT2D eigenvalue weighted by molar-refractivity contribution is 6.33. The van der Waals surface area contributed by atoms with Gasteiger partial charge in [-0.3, -0.25) is 0 Å². The van der Waals surface area contributed by atoms with Gasteiger partial charge in [-0.1, -0.05) is 22.8 Å². The zero-order chi connectivity index (χ0) is 15.7. The summed E-state index contributed by atoms with van der Waals surface area (Å²) in [4.78, 5) is 0. The molecule has 1 aromatic carbocycles. The number of hydrogen-bond acceptors (Lipinski definition) is 4. The van der Waals surface area contributed by atoms with Crippen molar-refractivity contribution in [3.63, 3.8) is 0 Å². The maximum atomic E-state index is 13.1. The quantitative estimate of drug-likeness (QED) is 0.852. The number of hydrogen-bond donors (Lipinski definition) is 2. The molecule has 2 atom stereocenters. The molecule has 22 heavy (non-hydrogen) atoms. The lowest BCUT2D eigenvalue weighted by atomic mass is 9.80. The molecule has 1 saturated heterocycles. The van der Waals surface area contributed by atoms with Crippen LogP contribution >= 0.6 is 11.6 Å². The Bertz CT molecular complexity index is 703. The van der Waals surface area contributed by atoms with Gasteiger partial charge in [0.05, 0.1) is 16.5 Å². The standard InChI is InChI=1S/C16H16ClFN2O2/c1-2-16(21)5-6-19-9-12(16)15-8-14(20-22-15)11-4-3-10(18)7-13(11)17/h2-4,7-8,12,19,21H,1,5-6,9H2/t12-,16-/m1/s1. The average Bonchev–Trinajstić information content (AvgIpc) is 2.97. The van der Waals surface area contributed by atoms with Gasteiger partial charge in [-0.2, -0.15) is 0 Å². The first-order valence-corrected chi connectivity index (χ1v) is 7.40. The first-order valence-electron chi connectivity index (χ1n) is 7.02. The van der Waals surface area contributed by atoms with Crippen LogP contribution in [0.25, 0.3) is 11.3 Å². The molecule has 2 N–H and O–H groups in total. The van der Waals surface area contributed by atoms with Gasteiger partial charge in [-0.25, -0.2) is 4.39 Å². The first kappa shape index (κ1) is 15.2. The van der Waals surface area contributed by atoms with Gasteiger partial charge in [0.2, 0.25) is 0 Å².